The minimum atomic E-state index is -0.399. The van der Waals surface area contributed by atoms with Gasteiger partial charge >= 0.3 is 0 Å². The van der Waals surface area contributed by atoms with Crippen molar-refractivity contribution in [2.24, 2.45) is 16.2 Å². The van der Waals surface area contributed by atoms with Gasteiger partial charge in [-0.05, 0) is 80.7 Å². The van der Waals surface area contributed by atoms with Gasteiger partial charge in [-0.2, -0.15) is 10.2 Å². The molecule has 358 valence electrons. The van der Waals surface area contributed by atoms with Crippen LogP contribution in [0, 0.1) is 27.6 Å². The van der Waals surface area contributed by atoms with Gasteiger partial charge in [0.2, 0.25) is 17.8 Å². The van der Waals surface area contributed by atoms with Crippen LogP contribution in [0.4, 0.5) is 29.1 Å². The number of ether oxygens (including phenoxy) is 2. The van der Waals surface area contributed by atoms with Gasteiger partial charge in [-0.3, -0.25) is 14.4 Å². The standard InChI is InChI=1S/C51H62ClN11O5/c1-9-38-44(66)61(7)39-29-54-47(58-41(39)63(38)33-12-10-11-13-33)57-37-17-15-30(22-40(37)67-8)43(65)60(6)34-24-51(25-34)18-20-62(21-19-51)48-55-27-32(28-56-48)42(64)59-45-49(2,3)46(50(45,4)5)68-35-16-14-31(26-53)36(52)23-35/h14-17,22-23,27-29,33-34,38,45-46H,9-13,18-21,24-25H2,1-8H3,(H,59,64)(H,54,57,58)/t38-,45?,46?/m1/s1. The first-order valence-electron chi connectivity index (χ1n) is 23.9. The molecule has 4 heterocycles. The van der Waals surface area contributed by atoms with Gasteiger partial charge in [0.1, 0.15) is 35.4 Å². The maximum atomic E-state index is 13.9. The van der Waals surface area contributed by atoms with E-state index in [0.717, 1.165) is 70.3 Å². The number of hydrogen-bond acceptors (Lipinski definition) is 13. The summed E-state index contributed by atoms with van der Waals surface area (Å²) in [6, 6.07) is 12.5. The second-order valence-corrected chi connectivity index (χ2v) is 21.1. The molecule has 0 bridgehead atoms. The van der Waals surface area contributed by atoms with Crippen LogP contribution in [0.15, 0.2) is 55.0 Å². The van der Waals surface area contributed by atoms with E-state index in [-0.39, 0.29) is 53.4 Å². The molecule has 1 atom stereocenters. The zero-order valence-electron chi connectivity index (χ0n) is 40.3. The number of piperidine rings is 1. The van der Waals surface area contributed by atoms with Crippen molar-refractivity contribution in [3.8, 4) is 17.6 Å². The Balaban J connectivity index is 0.770. The second-order valence-electron chi connectivity index (χ2n) is 20.6. The van der Waals surface area contributed by atoms with Crippen molar-refractivity contribution in [3.63, 3.8) is 0 Å². The number of carbonyl (C=O) groups excluding carboxylic acids is 3. The molecule has 17 heteroatoms. The van der Waals surface area contributed by atoms with Gasteiger partial charge in [0, 0.05) is 80.2 Å². The summed E-state index contributed by atoms with van der Waals surface area (Å²) in [5, 5.41) is 16.1. The fraction of sp³-hybridized carbons (Fsp3) is 0.529. The number of anilines is 5. The molecule has 2 aromatic carbocycles. The van der Waals surface area contributed by atoms with E-state index >= 15 is 0 Å². The fourth-order valence-electron chi connectivity index (χ4n) is 12.1. The van der Waals surface area contributed by atoms with Gasteiger partial charge in [-0.15, -0.1) is 0 Å². The first-order valence-corrected chi connectivity index (χ1v) is 24.3. The number of halogens is 1. The SMILES string of the molecule is CC[C@@H]1C(=O)N(C)c2cnc(Nc3ccc(C(=O)N(C)C4CC5(CCN(c6ncc(C(=O)NC7C(C)(C)C(Oc8ccc(C#N)c(Cl)c8)C7(C)C)cn6)CC5)C4)cc3OC)nc2N1C1CCCC1. The van der Waals surface area contributed by atoms with E-state index in [2.05, 4.69) is 69.1 Å². The van der Waals surface area contributed by atoms with Gasteiger partial charge in [0.05, 0.1) is 35.1 Å². The number of fused-ring (bicyclic) bond motifs is 1. The van der Waals surface area contributed by atoms with Crippen LogP contribution in [-0.2, 0) is 4.79 Å². The van der Waals surface area contributed by atoms with Crippen molar-refractivity contribution in [2.75, 3.05) is 54.3 Å². The lowest BCUT2D eigenvalue weighted by molar-refractivity contribution is -0.164. The first kappa shape index (κ1) is 46.9. The molecule has 0 radical (unpaired) electrons. The average Bonchev–Trinajstić information content (AvgIpc) is 3.87. The Labute approximate surface area is 403 Å². The highest BCUT2D eigenvalue weighted by Gasteiger charge is 2.64. The Morgan fingerprint density at radius 1 is 0.971 bits per heavy atom. The van der Waals surface area contributed by atoms with Gasteiger partial charge in [0.25, 0.3) is 11.8 Å². The molecule has 3 saturated carbocycles. The molecule has 1 saturated heterocycles. The first-order chi connectivity index (χ1) is 32.5. The van der Waals surface area contributed by atoms with Crippen LogP contribution < -0.4 is 34.8 Å². The maximum Gasteiger partial charge on any atom is 0.254 e. The lowest BCUT2D eigenvalue weighted by Gasteiger charge is -2.63. The van der Waals surface area contributed by atoms with E-state index in [1.165, 1.54) is 0 Å². The summed E-state index contributed by atoms with van der Waals surface area (Å²) < 4.78 is 12.2. The Morgan fingerprint density at radius 2 is 1.66 bits per heavy atom. The van der Waals surface area contributed by atoms with Crippen LogP contribution in [0.1, 0.15) is 119 Å². The Morgan fingerprint density at radius 3 is 2.29 bits per heavy atom. The number of aromatic nitrogens is 4. The molecular formula is C51H62ClN11O5. The Hall–Kier alpha value is -6.21. The number of nitrogens with one attached hydrogen (secondary N) is 2. The van der Waals surface area contributed by atoms with Crippen LogP contribution in [0.2, 0.25) is 5.02 Å². The van der Waals surface area contributed by atoms with Gasteiger partial charge in [0.15, 0.2) is 5.82 Å². The smallest absolute Gasteiger partial charge is 0.254 e. The zero-order valence-corrected chi connectivity index (χ0v) is 41.1. The summed E-state index contributed by atoms with van der Waals surface area (Å²) in [4.78, 5) is 67.5. The fourth-order valence-corrected chi connectivity index (χ4v) is 12.3. The lowest BCUT2D eigenvalue weighted by Crippen LogP contribution is -2.74. The third-order valence-corrected chi connectivity index (χ3v) is 16.1. The molecule has 4 fully saturated rings. The Kier molecular flexibility index (Phi) is 12.4. The van der Waals surface area contributed by atoms with Gasteiger partial charge in [-0.1, -0.05) is 59.1 Å². The lowest BCUT2D eigenvalue weighted by atomic mass is 9.49. The van der Waals surface area contributed by atoms with Crippen molar-refractivity contribution in [1.29, 1.82) is 5.26 Å². The highest BCUT2D eigenvalue weighted by molar-refractivity contribution is 6.31. The number of amides is 3. The van der Waals surface area contributed by atoms with Crippen molar-refractivity contribution in [1.82, 2.24) is 30.2 Å². The predicted octanol–water partition coefficient (Wildman–Crippen LogP) is 8.18. The number of likely N-dealkylation sites (N-methyl/N-ethyl adjacent to an activating group) is 1. The summed E-state index contributed by atoms with van der Waals surface area (Å²) in [5.41, 5.74) is 2.01. The van der Waals surface area contributed by atoms with E-state index in [1.807, 2.05) is 31.0 Å². The third kappa shape index (κ3) is 8.30. The van der Waals surface area contributed by atoms with E-state index < -0.39 is 10.8 Å². The zero-order chi connectivity index (χ0) is 48.3. The number of rotatable bonds is 12. The molecule has 3 amide bonds. The van der Waals surface area contributed by atoms with Crippen LogP contribution >= 0.6 is 11.6 Å². The number of methoxy groups -OCH3 is 1. The number of nitrogens with zero attached hydrogens (tertiary/aromatic N) is 9. The molecule has 1 spiro atoms. The maximum absolute atomic E-state index is 13.9. The summed E-state index contributed by atoms with van der Waals surface area (Å²) >= 11 is 6.27. The normalized spacial score (nSPS) is 22.7. The van der Waals surface area contributed by atoms with Crippen molar-refractivity contribution >= 4 is 58.4 Å². The van der Waals surface area contributed by atoms with Crippen molar-refractivity contribution in [3.05, 3.63) is 76.7 Å². The number of nitriles is 1. The summed E-state index contributed by atoms with van der Waals surface area (Å²) in [7, 11) is 5.26. The van der Waals surface area contributed by atoms with Crippen LogP contribution in [0.5, 0.6) is 11.5 Å². The van der Waals surface area contributed by atoms with E-state index in [9.17, 15) is 19.6 Å². The van der Waals surface area contributed by atoms with Crippen LogP contribution in [0.3, 0.4) is 0 Å². The minimum absolute atomic E-state index is 0.0636. The van der Waals surface area contributed by atoms with Crippen LogP contribution in [-0.4, -0.2) is 107 Å². The second kappa shape index (κ2) is 18.0. The quantitative estimate of drug-likeness (QED) is 0.139. The van der Waals surface area contributed by atoms with E-state index in [4.69, 9.17) is 26.1 Å². The number of hydrogen-bond donors (Lipinski definition) is 2. The van der Waals surface area contributed by atoms with E-state index in [0.29, 0.717) is 62.9 Å². The van der Waals surface area contributed by atoms with Gasteiger partial charge in [-0.25, -0.2) is 15.0 Å². The topological polar surface area (TPSA) is 182 Å². The average molecular weight is 945 g/mol. The molecule has 5 aliphatic rings. The van der Waals surface area contributed by atoms with Crippen LogP contribution in [0.25, 0.3) is 0 Å². The predicted molar refractivity (Wildman–Crippen MR) is 261 cm³/mol. The van der Waals surface area contributed by atoms with E-state index in [1.54, 1.807) is 61.9 Å². The molecule has 2 N–H and O–H groups in total. The van der Waals surface area contributed by atoms with Crippen molar-refractivity contribution < 1.29 is 23.9 Å². The minimum Gasteiger partial charge on any atom is -0.495 e. The number of benzene rings is 2. The Bertz CT molecular complexity index is 2620. The highest BCUT2D eigenvalue weighted by atomic mass is 35.5. The molecular weight excluding hydrogens is 882 g/mol. The molecule has 4 aromatic rings. The molecule has 9 rings (SSSR count). The van der Waals surface area contributed by atoms with Gasteiger partial charge < -0.3 is 39.7 Å². The molecule has 16 nitrogen and oxygen atoms in total. The third-order valence-electron chi connectivity index (χ3n) is 15.7. The monoisotopic (exact) mass is 943 g/mol. The molecule has 2 aromatic heterocycles. The summed E-state index contributed by atoms with van der Waals surface area (Å²) in [6.45, 7) is 11.9. The highest BCUT2D eigenvalue weighted by Crippen LogP contribution is 2.56. The summed E-state index contributed by atoms with van der Waals surface area (Å²) in [6.07, 6.45) is 13.5. The molecule has 3 aliphatic carbocycles. The number of carbonyl (C=O) groups is 3. The molecule has 68 heavy (non-hydrogen) atoms. The summed E-state index contributed by atoms with van der Waals surface area (Å²) in [5.74, 6) is 2.60. The van der Waals surface area contributed by atoms with Crippen molar-refractivity contribution in [2.45, 2.75) is 123 Å². The molecule has 2 aliphatic heterocycles. The molecule has 0 unspecified atom stereocenters. The largest absolute Gasteiger partial charge is 0.495 e.